The minimum atomic E-state index is 0.184. The molecule has 2 aliphatic rings. The number of nitrogens with zero attached hydrogens (tertiary/aromatic N) is 4. The number of hydrogen-bond acceptors (Lipinski definition) is 5. The van der Waals surface area contributed by atoms with Crippen LogP contribution in [0.25, 0.3) is 0 Å². The molecular formula is C18H20N4O2. The highest BCUT2D eigenvalue weighted by Gasteiger charge is 2.41. The molecule has 2 aromatic rings. The van der Waals surface area contributed by atoms with Gasteiger partial charge in [-0.2, -0.15) is 4.98 Å². The summed E-state index contributed by atoms with van der Waals surface area (Å²) in [5.74, 6) is 2.36. The molecule has 4 rings (SSSR count). The Morgan fingerprint density at radius 3 is 3.00 bits per heavy atom. The summed E-state index contributed by atoms with van der Waals surface area (Å²) >= 11 is 0. The Labute approximate surface area is 140 Å². The summed E-state index contributed by atoms with van der Waals surface area (Å²) in [6, 6.07) is 4.05. The Morgan fingerprint density at radius 1 is 1.38 bits per heavy atom. The van der Waals surface area contributed by atoms with E-state index >= 15 is 0 Å². The van der Waals surface area contributed by atoms with Gasteiger partial charge in [0.25, 0.3) is 0 Å². The van der Waals surface area contributed by atoms with Crippen molar-refractivity contribution in [3.63, 3.8) is 0 Å². The van der Waals surface area contributed by atoms with Crippen molar-refractivity contribution in [2.45, 2.75) is 38.8 Å². The summed E-state index contributed by atoms with van der Waals surface area (Å²) in [7, 11) is 1.61. The quantitative estimate of drug-likeness (QED) is 0.862. The lowest BCUT2D eigenvalue weighted by atomic mass is 10.1. The number of carbonyl (C=O) groups excluding carboxylic acids is 1. The molecule has 0 radical (unpaired) electrons. The first kappa shape index (κ1) is 15.1. The van der Waals surface area contributed by atoms with Gasteiger partial charge in [-0.3, -0.25) is 9.78 Å². The zero-order valence-electron chi connectivity index (χ0n) is 13.9. The Balaban J connectivity index is 1.41. The van der Waals surface area contributed by atoms with Gasteiger partial charge in [-0.25, -0.2) is 4.98 Å². The van der Waals surface area contributed by atoms with E-state index in [1.807, 2.05) is 24.1 Å². The predicted molar refractivity (Wildman–Crippen MR) is 87.3 cm³/mol. The van der Waals surface area contributed by atoms with E-state index in [2.05, 4.69) is 21.0 Å². The van der Waals surface area contributed by atoms with E-state index in [9.17, 15) is 4.79 Å². The van der Waals surface area contributed by atoms with Crippen molar-refractivity contribution in [2.24, 2.45) is 5.92 Å². The second-order valence-corrected chi connectivity index (χ2v) is 6.55. The molecule has 1 aliphatic carbocycles. The maximum Gasteiger partial charge on any atom is 0.223 e. The fourth-order valence-corrected chi connectivity index (χ4v) is 3.52. The highest BCUT2D eigenvalue weighted by atomic mass is 16.5. The molecule has 3 heterocycles. The molecule has 0 bridgehead atoms. The largest absolute Gasteiger partial charge is 0.481 e. The third-order valence-electron chi connectivity index (χ3n) is 4.87. The lowest BCUT2D eigenvalue weighted by Crippen LogP contribution is -2.25. The molecule has 6 heteroatoms. The zero-order chi connectivity index (χ0) is 16.7. The van der Waals surface area contributed by atoms with Crippen LogP contribution in [0.3, 0.4) is 0 Å². The van der Waals surface area contributed by atoms with Crippen LogP contribution in [0.4, 0.5) is 0 Å². The molecule has 124 valence electrons. The summed E-state index contributed by atoms with van der Waals surface area (Å²) in [5.41, 5.74) is 3.09. The fourth-order valence-electron chi connectivity index (χ4n) is 3.52. The molecule has 0 N–H and O–H groups in total. The van der Waals surface area contributed by atoms with Crippen molar-refractivity contribution in [1.82, 2.24) is 19.9 Å². The minimum absolute atomic E-state index is 0.184. The molecule has 1 amide bonds. The number of hydrogen-bond donors (Lipinski definition) is 0. The van der Waals surface area contributed by atoms with Crippen molar-refractivity contribution >= 4 is 5.91 Å². The summed E-state index contributed by atoms with van der Waals surface area (Å²) < 4.78 is 5.34. The normalized spacial score (nSPS) is 21.5. The van der Waals surface area contributed by atoms with Crippen LogP contribution in [0.5, 0.6) is 5.88 Å². The fraction of sp³-hybridized carbons (Fsp3) is 0.444. The lowest BCUT2D eigenvalue weighted by molar-refractivity contribution is -0.132. The molecule has 0 aromatic carbocycles. The molecule has 2 atom stereocenters. The molecule has 1 saturated carbocycles. The monoisotopic (exact) mass is 324 g/mol. The van der Waals surface area contributed by atoms with E-state index in [-0.39, 0.29) is 5.91 Å². The van der Waals surface area contributed by atoms with Crippen molar-refractivity contribution in [3.05, 3.63) is 47.2 Å². The maximum absolute atomic E-state index is 12.6. The number of methoxy groups -OCH3 is 1. The Kier molecular flexibility index (Phi) is 3.67. The maximum atomic E-state index is 12.6. The smallest absolute Gasteiger partial charge is 0.223 e. The van der Waals surface area contributed by atoms with Gasteiger partial charge in [0.2, 0.25) is 11.8 Å². The van der Waals surface area contributed by atoms with Crippen LogP contribution < -0.4 is 4.74 Å². The van der Waals surface area contributed by atoms with E-state index in [1.165, 1.54) is 5.56 Å². The Hall–Kier alpha value is -2.50. The van der Waals surface area contributed by atoms with Gasteiger partial charge in [0.15, 0.2) is 0 Å². The van der Waals surface area contributed by atoms with Crippen molar-refractivity contribution in [1.29, 1.82) is 0 Å². The van der Waals surface area contributed by atoms with Gasteiger partial charge in [-0.05, 0) is 36.8 Å². The number of carbonyl (C=O) groups is 1. The van der Waals surface area contributed by atoms with Crippen LogP contribution in [0.15, 0.2) is 24.5 Å². The molecule has 0 spiro atoms. The van der Waals surface area contributed by atoms with Gasteiger partial charge in [0, 0.05) is 18.8 Å². The average molecular weight is 324 g/mol. The molecule has 1 aliphatic heterocycles. The van der Waals surface area contributed by atoms with Crippen molar-refractivity contribution in [2.75, 3.05) is 7.11 Å². The van der Waals surface area contributed by atoms with E-state index < -0.39 is 0 Å². The Bertz CT molecular complexity index is 778. The Morgan fingerprint density at radius 2 is 2.25 bits per heavy atom. The topological polar surface area (TPSA) is 68.2 Å². The summed E-state index contributed by atoms with van der Waals surface area (Å²) in [6.45, 7) is 2.94. The van der Waals surface area contributed by atoms with E-state index in [1.54, 1.807) is 13.3 Å². The van der Waals surface area contributed by atoms with Crippen molar-refractivity contribution in [3.8, 4) is 5.88 Å². The third-order valence-corrected chi connectivity index (χ3v) is 4.87. The second-order valence-electron chi connectivity index (χ2n) is 6.55. The van der Waals surface area contributed by atoms with Crippen LogP contribution in [-0.2, 0) is 17.9 Å². The molecule has 2 aromatic heterocycles. The number of aryl methyl sites for hydroxylation is 1. The van der Waals surface area contributed by atoms with Crippen LogP contribution in [0.1, 0.15) is 41.4 Å². The molecule has 24 heavy (non-hydrogen) atoms. The summed E-state index contributed by atoms with van der Waals surface area (Å²) in [6.07, 6.45) is 5.34. The first-order valence-corrected chi connectivity index (χ1v) is 8.23. The highest BCUT2D eigenvalue weighted by molar-refractivity contribution is 5.77. The first-order valence-electron chi connectivity index (χ1n) is 8.23. The molecule has 1 fully saturated rings. The van der Waals surface area contributed by atoms with Crippen LogP contribution in [-0.4, -0.2) is 32.9 Å². The summed E-state index contributed by atoms with van der Waals surface area (Å²) in [4.78, 5) is 27.4. The van der Waals surface area contributed by atoms with Gasteiger partial charge in [0.05, 0.1) is 31.5 Å². The van der Waals surface area contributed by atoms with Gasteiger partial charge in [0.1, 0.15) is 5.82 Å². The standard InChI is InChI=1S/C18H20N4O2/c1-11-20-16-10-22(9-15(16)18(21-11)24-2)17(23)7-13-6-14(13)12-4-3-5-19-8-12/h3-5,8,13-14H,6-7,9-10H2,1-2H3/t13-,14-/m0/s1. The average Bonchev–Trinajstić information content (AvgIpc) is 3.22. The van der Waals surface area contributed by atoms with E-state index in [0.717, 1.165) is 17.7 Å². The number of aromatic nitrogens is 3. The van der Waals surface area contributed by atoms with E-state index in [4.69, 9.17) is 4.74 Å². The molecule has 6 nitrogen and oxygen atoms in total. The third kappa shape index (κ3) is 2.72. The number of fused-ring (bicyclic) bond motifs is 1. The van der Waals surface area contributed by atoms with Crippen molar-refractivity contribution < 1.29 is 9.53 Å². The van der Waals surface area contributed by atoms with Gasteiger partial charge < -0.3 is 9.64 Å². The van der Waals surface area contributed by atoms with Crippen LogP contribution in [0.2, 0.25) is 0 Å². The zero-order valence-corrected chi connectivity index (χ0v) is 13.9. The van der Waals surface area contributed by atoms with E-state index in [0.29, 0.717) is 43.1 Å². The molecular weight excluding hydrogens is 304 g/mol. The first-order chi connectivity index (χ1) is 11.7. The van der Waals surface area contributed by atoms with Crippen LogP contribution >= 0.6 is 0 Å². The minimum Gasteiger partial charge on any atom is -0.481 e. The van der Waals surface area contributed by atoms with Gasteiger partial charge in [-0.1, -0.05) is 6.07 Å². The number of ether oxygens (including phenoxy) is 1. The number of rotatable bonds is 4. The predicted octanol–water partition coefficient (Wildman–Crippen LogP) is 2.22. The second kappa shape index (κ2) is 5.85. The lowest BCUT2D eigenvalue weighted by Gasteiger charge is -2.15. The highest BCUT2D eigenvalue weighted by Crippen LogP contribution is 2.49. The molecule has 0 saturated heterocycles. The summed E-state index contributed by atoms with van der Waals surface area (Å²) in [5, 5.41) is 0. The van der Waals surface area contributed by atoms with Crippen LogP contribution in [0, 0.1) is 12.8 Å². The number of pyridine rings is 1. The van der Waals surface area contributed by atoms with Gasteiger partial charge >= 0.3 is 0 Å². The SMILES string of the molecule is COc1nc(C)nc2c1CN(C(=O)C[C@@H]1C[C@H]1c1cccnc1)C2. The number of amides is 1. The van der Waals surface area contributed by atoms with Gasteiger partial charge in [-0.15, -0.1) is 0 Å². The molecule has 0 unspecified atom stereocenters.